The molecule has 0 aliphatic carbocycles. The number of methoxy groups -OCH3 is 1. The molecule has 0 bridgehead atoms. The van der Waals surface area contributed by atoms with Gasteiger partial charge in [-0.2, -0.15) is 26.0 Å². The first-order valence-corrected chi connectivity index (χ1v) is 9.86. The number of pyridine rings is 2. The Labute approximate surface area is 169 Å². The summed E-state index contributed by atoms with van der Waals surface area (Å²) in [5, 5.41) is -0.637. The SMILES string of the molecule is COCN(c1ccc(C(F)(F)F)c(-c2ccccc2)n1)S(=O)(=O)c1cccc(F)n1. The van der Waals surface area contributed by atoms with Gasteiger partial charge in [0.1, 0.15) is 12.5 Å². The summed E-state index contributed by atoms with van der Waals surface area (Å²) in [6.07, 6.45) is -4.72. The number of benzene rings is 1. The van der Waals surface area contributed by atoms with Gasteiger partial charge in [0, 0.05) is 12.7 Å². The fourth-order valence-corrected chi connectivity index (χ4v) is 3.93. The van der Waals surface area contributed by atoms with Gasteiger partial charge in [0.25, 0.3) is 10.0 Å². The third-order valence-corrected chi connectivity index (χ3v) is 5.61. The van der Waals surface area contributed by atoms with E-state index in [0.717, 1.165) is 30.3 Å². The standard InChI is InChI=1S/C19H15F4N3O3S/c1-29-12-26(30(27,28)17-9-5-8-15(20)24-17)16-11-10-14(19(21,22)23)18(25-16)13-6-3-2-4-7-13/h2-11H,12H2,1H3. The minimum atomic E-state index is -4.72. The van der Waals surface area contributed by atoms with Crippen molar-refractivity contribution in [2.24, 2.45) is 0 Å². The quantitative estimate of drug-likeness (QED) is 0.327. The first-order valence-electron chi connectivity index (χ1n) is 8.42. The smallest absolute Gasteiger partial charge is 0.363 e. The normalized spacial score (nSPS) is 12.0. The molecule has 158 valence electrons. The zero-order valence-electron chi connectivity index (χ0n) is 15.5. The van der Waals surface area contributed by atoms with E-state index >= 15 is 0 Å². The van der Waals surface area contributed by atoms with Crippen molar-refractivity contribution in [3.05, 3.63) is 72.2 Å². The van der Waals surface area contributed by atoms with Gasteiger partial charge in [0.05, 0.1) is 11.3 Å². The van der Waals surface area contributed by atoms with E-state index < -0.39 is 45.2 Å². The molecule has 0 aliphatic rings. The fourth-order valence-electron chi connectivity index (χ4n) is 2.65. The predicted octanol–water partition coefficient (Wildman–Crippen LogP) is 4.10. The number of ether oxygens (including phenoxy) is 1. The van der Waals surface area contributed by atoms with E-state index in [4.69, 9.17) is 4.74 Å². The highest BCUT2D eigenvalue weighted by molar-refractivity contribution is 7.92. The molecule has 2 aromatic heterocycles. The number of hydrogen-bond donors (Lipinski definition) is 0. The third-order valence-electron chi connectivity index (χ3n) is 3.98. The Morgan fingerprint density at radius 3 is 2.27 bits per heavy atom. The van der Waals surface area contributed by atoms with Crippen molar-refractivity contribution >= 4 is 15.8 Å². The average Bonchev–Trinajstić information content (AvgIpc) is 2.71. The van der Waals surface area contributed by atoms with E-state index in [1.807, 2.05) is 0 Å². The second-order valence-corrected chi connectivity index (χ2v) is 7.81. The fraction of sp³-hybridized carbons (Fsp3) is 0.158. The van der Waals surface area contributed by atoms with Crippen molar-refractivity contribution in [3.63, 3.8) is 0 Å². The Morgan fingerprint density at radius 1 is 0.967 bits per heavy atom. The summed E-state index contributed by atoms with van der Waals surface area (Å²) in [4.78, 5) is 7.32. The minimum absolute atomic E-state index is 0.144. The van der Waals surface area contributed by atoms with Gasteiger partial charge in [-0.15, -0.1) is 0 Å². The third kappa shape index (κ3) is 4.41. The van der Waals surface area contributed by atoms with Crippen LogP contribution in [0.4, 0.5) is 23.4 Å². The van der Waals surface area contributed by atoms with Crippen LogP contribution in [0.5, 0.6) is 0 Å². The number of hydrogen-bond acceptors (Lipinski definition) is 5. The number of aromatic nitrogens is 2. The van der Waals surface area contributed by atoms with Crippen molar-refractivity contribution in [3.8, 4) is 11.3 Å². The van der Waals surface area contributed by atoms with E-state index in [2.05, 4.69) is 9.97 Å². The number of alkyl halides is 3. The van der Waals surface area contributed by atoms with E-state index in [1.165, 1.54) is 31.4 Å². The number of nitrogens with zero attached hydrogens (tertiary/aromatic N) is 3. The summed E-state index contributed by atoms with van der Waals surface area (Å²) in [6.45, 7) is -0.576. The highest BCUT2D eigenvalue weighted by Gasteiger charge is 2.36. The summed E-state index contributed by atoms with van der Waals surface area (Å²) < 4.78 is 85.4. The van der Waals surface area contributed by atoms with Crippen molar-refractivity contribution in [2.45, 2.75) is 11.2 Å². The van der Waals surface area contributed by atoms with Gasteiger partial charge in [-0.25, -0.2) is 14.3 Å². The van der Waals surface area contributed by atoms with Gasteiger partial charge in [0.2, 0.25) is 5.95 Å². The summed E-state index contributed by atoms with van der Waals surface area (Å²) >= 11 is 0. The maximum absolute atomic E-state index is 13.5. The Hall–Kier alpha value is -3.05. The lowest BCUT2D eigenvalue weighted by Gasteiger charge is -2.23. The van der Waals surface area contributed by atoms with Crippen LogP contribution < -0.4 is 4.31 Å². The van der Waals surface area contributed by atoms with Gasteiger partial charge in [0.15, 0.2) is 5.03 Å². The van der Waals surface area contributed by atoms with Crippen molar-refractivity contribution in [2.75, 3.05) is 18.1 Å². The Bertz CT molecular complexity index is 1140. The summed E-state index contributed by atoms with van der Waals surface area (Å²) in [5.41, 5.74) is -1.34. The molecule has 0 N–H and O–H groups in total. The molecule has 0 spiro atoms. The molecule has 30 heavy (non-hydrogen) atoms. The molecule has 3 aromatic rings. The van der Waals surface area contributed by atoms with Crippen LogP contribution in [0.2, 0.25) is 0 Å². The first-order chi connectivity index (χ1) is 14.1. The molecule has 6 nitrogen and oxygen atoms in total. The molecule has 0 radical (unpaired) electrons. The monoisotopic (exact) mass is 441 g/mol. The van der Waals surface area contributed by atoms with Crippen LogP contribution in [-0.4, -0.2) is 32.2 Å². The molecule has 0 saturated heterocycles. The number of anilines is 1. The van der Waals surface area contributed by atoms with E-state index in [9.17, 15) is 26.0 Å². The Kier molecular flexibility index (Phi) is 6.04. The average molecular weight is 441 g/mol. The summed E-state index contributed by atoms with van der Waals surface area (Å²) in [7, 11) is -3.27. The zero-order valence-corrected chi connectivity index (χ0v) is 16.3. The highest BCUT2D eigenvalue weighted by atomic mass is 32.2. The predicted molar refractivity (Wildman–Crippen MR) is 100 cm³/mol. The lowest BCUT2D eigenvalue weighted by molar-refractivity contribution is -0.137. The van der Waals surface area contributed by atoms with Crippen LogP contribution in [0.15, 0.2) is 65.7 Å². The minimum Gasteiger partial charge on any atom is -0.363 e. The van der Waals surface area contributed by atoms with Crippen molar-refractivity contribution < 1.29 is 30.7 Å². The largest absolute Gasteiger partial charge is 0.418 e. The number of sulfonamides is 1. The van der Waals surface area contributed by atoms with Crippen LogP contribution >= 0.6 is 0 Å². The highest BCUT2D eigenvalue weighted by Crippen LogP contribution is 2.37. The first kappa shape index (κ1) is 21.7. The molecule has 0 unspecified atom stereocenters. The molecule has 3 rings (SSSR count). The lowest BCUT2D eigenvalue weighted by atomic mass is 10.1. The molecule has 0 atom stereocenters. The maximum Gasteiger partial charge on any atom is 0.418 e. The molecular weight excluding hydrogens is 426 g/mol. The van der Waals surface area contributed by atoms with Crippen LogP contribution in [-0.2, 0) is 20.9 Å². The molecule has 0 amide bonds. The van der Waals surface area contributed by atoms with Crippen LogP contribution in [0.3, 0.4) is 0 Å². The molecule has 1 aromatic carbocycles. The van der Waals surface area contributed by atoms with Crippen LogP contribution in [0.1, 0.15) is 5.56 Å². The van der Waals surface area contributed by atoms with Gasteiger partial charge >= 0.3 is 6.18 Å². The Morgan fingerprint density at radius 2 is 1.67 bits per heavy atom. The molecular formula is C19H15F4N3O3S. The molecule has 11 heteroatoms. The summed E-state index contributed by atoms with van der Waals surface area (Å²) in [6, 6.07) is 12.3. The molecule has 2 heterocycles. The van der Waals surface area contributed by atoms with Gasteiger partial charge in [-0.05, 0) is 24.3 Å². The van der Waals surface area contributed by atoms with Gasteiger partial charge in [-0.1, -0.05) is 36.4 Å². The molecule has 0 aliphatic heterocycles. The second kappa shape index (κ2) is 8.36. The van der Waals surface area contributed by atoms with Crippen molar-refractivity contribution in [1.82, 2.24) is 9.97 Å². The molecule has 0 fully saturated rings. The topological polar surface area (TPSA) is 72.4 Å². The number of rotatable bonds is 6. The molecule has 0 saturated carbocycles. The van der Waals surface area contributed by atoms with Crippen LogP contribution in [0.25, 0.3) is 11.3 Å². The van der Waals surface area contributed by atoms with Crippen molar-refractivity contribution in [1.29, 1.82) is 0 Å². The second-order valence-electron chi connectivity index (χ2n) is 6.00. The zero-order chi connectivity index (χ0) is 21.9. The number of halogens is 4. The van der Waals surface area contributed by atoms with Gasteiger partial charge < -0.3 is 4.74 Å². The maximum atomic E-state index is 13.5. The Balaban J connectivity index is 2.19. The van der Waals surface area contributed by atoms with E-state index in [-0.39, 0.29) is 11.4 Å². The van der Waals surface area contributed by atoms with E-state index in [0.29, 0.717) is 4.31 Å². The summed E-state index contributed by atoms with van der Waals surface area (Å²) in [5.74, 6) is -1.37. The van der Waals surface area contributed by atoms with E-state index in [1.54, 1.807) is 6.07 Å². The lowest BCUT2D eigenvalue weighted by Crippen LogP contribution is -2.34. The van der Waals surface area contributed by atoms with Crippen LogP contribution in [0, 0.1) is 5.95 Å². The van der Waals surface area contributed by atoms with Gasteiger partial charge in [-0.3, -0.25) is 0 Å².